The van der Waals surface area contributed by atoms with E-state index in [-0.39, 0.29) is 5.82 Å². The lowest BCUT2D eigenvalue weighted by atomic mass is 10.1. The second-order valence-electron chi connectivity index (χ2n) is 4.94. The summed E-state index contributed by atoms with van der Waals surface area (Å²) in [6, 6.07) is 13.3. The number of nitriles is 1. The van der Waals surface area contributed by atoms with Gasteiger partial charge in [-0.15, -0.1) is 0 Å². The average molecular weight is 279 g/mol. The van der Waals surface area contributed by atoms with Crippen molar-refractivity contribution in [2.45, 2.75) is 19.8 Å². The van der Waals surface area contributed by atoms with Gasteiger partial charge in [-0.25, -0.2) is 9.37 Å². The van der Waals surface area contributed by atoms with Gasteiger partial charge in [-0.2, -0.15) is 5.26 Å². The van der Waals surface area contributed by atoms with Crippen molar-refractivity contribution >= 4 is 5.65 Å². The standard InChI is InChI=1S/C17H14FN3/c1-2-12-3-5-13(6-4-12)9-15-16(10-19)21-11-14(18)7-8-17(21)20-15/h3-8,11H,2,9H2,1H3. The van der Waals surface area contributed by atoms with Gasteiger partial charge in [-0.3, -0.25) is 4.40 Å². The largest absolute Gasteiger partial charge is 0.288 e. The van der Waals surface area contributed by atoms with Crippen LogP contribution in [-0.4, -0.2) is 9.38 Å². The van der Waals surface area contributed by atoms with Crippen LogP contribution in [0.4, 0.5) is 4.39 Å². The summed E-state index contributed by atoms with van der Waals surface area (Å²) in [5, 5.41) is 9.32. The third kappa shape index (κ3) is 2.50. The number of nitrogens with zero attached hydrogens (tertiary/aromatic N) is 3. The van der Waals surface area contributed by atoms with Gasteiger partial charge in [0.25, 0.3) is 0 Å². The first-order chi connectivity index (χ1) is 10.2. The summed E-state index contributed by atoms with van der Waals surface area (Å²) >= 11 is 0. The molecule has 3 aromatic rings. The Balaban J connectivity index is 2.01. The molecule has 0 N–H and O–H groups in total. The molecule has 0 radical (unpaired) electrons. The van der Waals surface area contributed by atoms with Gasteiger partial charge >= 0.3 is 0 Å². The Labute approximate surface area is 122 Å². The smallest absolute Gasteiger partial charge is 0.148 e. The average Bonchev–Trinajstić information content (AvgIpc) is 2.84. The summed E-state index contributed by atoms with van der Waals surface area (Å²) in [7, 11) is 0. The number of imidazole rings is 1. The van der Waals surface area contributed by atoms with Crippen molar-refractivity contribution in [1.82, 2.24) is 9.38 Å². The van der Waals surface area contributed by atoms with Gasteiger partial charge in [0, 0.05) is 12.6 Å². The zero-order valence-electron chi connectivity index (χ0n) is 11.7. The Morgan fingerprint density at radius 3 is 2.52 bits per heavy atom. The topological polar surface area (TPSA) is 41.1 Å². The van der Waals surface area contributed by atoms with Gasteiger partial charge in [0.05, 0.1) is 5.69 Å². The number of benzene rings is 1. The fourth-order valence-electron chi connectivity index (χ4n) is 2.40. The van der Waals surface area contributed by atoms with Crippen LogP contribution in [0.2, 0.25) is 0 Å². The van der Waals surface area contributed by atoms with E-state index in [4.69, 9.17) is 0 Å². The lowest BCUT2D eigenvalue weighted by molar-refractivity contribution is 0.619. The molecule has 0 unspecified atom stereocenters. The van der Waals surface area contributed by atoms with E-state index in [1.807, 2.05) is 12.1 Å². The van der Waals surface area contributed by atoms with Crippen molar-refractivity contribution in [3.63, 3.8) is 0 Å². The van der Waals surface area contributed by atoms with Crippen molar-refractivity contribution in [2.24, 2.45) is 0 Å². The molecule has 0 amide bonds. The summed E-state index contributed by atoms with van der Waals surface area (Å²) in [5.74, 6) is -0.379. The molecule has 3 nitrogen and oxygen atoms in total. The number of halogens is 1. The number of pyridine rings is 1. The first kappa shape index (κ1) is 13.3. The molecule has 0 saturated carbocycles. The summed E-state index contributed by atoms with van der Waals surface area (Å²) in [5.41, 5.74) is 4.02. The molecule has 0 atom stereocenters. The van der Waals surface area contributed by atoms with Crippen LogP contribution < -0.4 is 0 Å². The first-order valence-corrected chi connectivity index (χ1v) is 6.85. The highest BCUT2D eigenvalue weighted by molar-refractivity contribution is 5.48. The van der Waals surface area contributed by atoms with Crippen LogP contribution >= 0.6 is 0 Å². The lowest BCUT2D eigenvalue weighted by Gasteiger charge is -2.01. The zero-order valence-corrected chi connectivity index (χ0v) is 11.7. The van der Waals surface area contributed by atoms with Crippen LogP contribution in [0.25, 0.3) is 5.65 Å². The third-order valence-corrected chi connectivity index (χ3v) is 3.56. The van der Waals surface area contributed by atoms with Crippen LogP contribution in [-0.2, 0) is 12.8 Å². The van der Waals surface area contributed by atoms with E-state index in [1.54, 1.807) is 6.07 Å². The molecule has 1 aromatic carbocycles. The number of aromatic nitrogens is 2. The molecule has 0 aliphatic rings. The molecule has 0 aliphatic carbocycles. The number of hydrogen-bond acceptors (Lipinski definition) is 2. The molecule has 2 heterocycles. The van der Waals surface area contributed by atoms with Crippen LogP contribution in [0.5, 0.6) is 0 Å². The van der Waals surface area contributed by atoms with Gasteiger partial charge in [0.2, 0.25) is 0 Å². The molecule has 0 fully saturated rings. The summed E-state index contributed by atoms with van der Waals surface area (Å²) in [6.07, 6.45) is 2.86. The summed E-state index contributed by atoms with van der Waals surface area (Å²) < 4.78 is 14.8. The van der Waals surface area contributed by atoms with Crippen molar-refractivity contribution < 1.29 is 4.39 Å². The molecule has 4 heteroatoms. The molecular weight excluding hydrogens is 265 g/mol. The highest BCUT2D eigenvalue weighted by Crippen LogP contribution is 2.17. The maximum Gasteiger partial charge on any atom is 0.148 e. The predicted octanol–water partition coefficient (Wildman–Crippen LogP) is 3.50. The molecular formula is C17H14FN3. The zero-order chi connectivity index (χ0) is 14.8. The Hall–Kier alpha value is -2.67. The molecule has 2 aromatic heterocycles. The van der Waals surface area contributed by atoms with E-state index < -0.39 is 0 Å². The minimum Gasteiger partial charge on any atom is -0.288 e. The second kappa shape index (κ2) is 5.37. The van der Waals surface area contributed by atoms with E-state index in [9.17, 15) is 9.65 Å². The number of aryl methyl sites for hydroxylation is 1. The monoisotopic (exact) mass is 279 g/mol. The van der Waals surface area contributed by atoms with Gasteiger partial charge in [-0.1, -0.05) is 31.2 Å². The van der Waals surface area contributed by atoms with E-state index in [2.05, 4.69) is 30.1 Å². The number of fused-ring (bicyclic) bond motifs is 1. The Morgan fingerprint density at radius 1 is 1.14 bits per heavy atom. The van der Waals surface area contributed by atoms with Crippen LogP contribution in [0.1, 0.15) is 29.4 Å². The highest BCUT2D eigenvalue weighted by Gasteiger charge is 2.12. The minimum absolute atomic E-state index is 0.379. The first-order valence-electron chi connectivity index (χ1n) is 6.85. The van der Waals surface area contributed by atoms with Crippen LogP contribution in [0, 0.1) is 17.1 Å². The SMILES string of the molecule is CCc1ccc(Cc2nc3ccc(F)cn3c2C#N)cc1. The van der Waals surface area contributed by atoms with Gasteiger partial charge in [0.15, 0.2) is 0 Å². The second-order valence-corrected chi connectivity index (χ2v) is 4.94. The van der Waals surface area contributed by atoms with E-state index in [1.165, 1.54) is 22.2 Å². The fraction of sp³-hybridized carbons (Fsp3) is 0.176. The lowest BCUT2D eigenvalue weighted by Crippen LogP contribution is -1.94. The third-order valence-electron chi connectivity index (χ3n) is 3.56. The summed E-state index contributed by atoms with van der Waals surface area (Å²) in [6.45, 7) is 2.11. The van der Waals surface area contributed by atoms with Gasteiger partial charge < -0.3 is 0 Å². The Morgan fingerprint density at radius 2 is 1.86 bits per heavy atom. The maximum absolute atomic E-state index is 13.3. The quantitative estimate of drug-likeness (QED) is 0.736. The molecule has 0 bridgehead atoms. The maximum atomic E-state index is 13.3. The Bertz CT molecular complexity index is 826. The van der Waals surface area contributed by atoms with Crippen molar-refractivity contribution in [2.75, 3.05) is 0 Å². The van der Waals surface area contributed by atoms with Crippen molar-refractivity contribution in [1.29, 1.82) is 5.26 Å². The van der Waals surface area contributed by atoms with Gasteiger partial charge in [-0.05, 0) is 29.7 Å². The molecule has 104 valence electrons. The molecule has 0 spiro atoms. The highest BCUT2D eigenvalue weighted by atomic mass is 19.1. The molecule has 3 rings (SSSR count). The van der Waals surface area contributed by atoms with Crippen molar-refractivity contribution in [3.8, 4) is 6.07 Å². The van der Waals surface area contributed by atoms with Crippen LogP contribution in [0.3, 0.4) is 0 Å². The minimum atomic E-state index is -0.379. The van der Waals surface area contributed by atoms with Crippen LogP contribution in [0.15, 0.2) is 42.6 Å². The van der Waals surface area contributed by atoms with Crippen molar-refractivity contribution in [3.05, 3.63) is 70.9 Å². The Kier molecular flexibility index (Phi) is 3.41. The number of rotatable bonds is 3. The van der Waals surface area contributed by atoms with E-state index in [0.717, 1.165) is 12.0 Å². The summed E-state index contributed by atoms with van der Waals surface area (Å²) in [4.78, 5) is 4.44. The molecule has 0 aliphatic heterocycles. The number of hydrogen-bond donors (Lipinski definition) is 0. The molecule has 0 saturated heterocycles. The van der Waals surface area contributed by atoms with E-state index in [0.29, 0.717) is 23.5 Å². The normalized spacial score (nSPS) is 10.7. The van der Waals surface area contributed by atoms with E-state index >= 15 is 0 Å². The van der Waals surface area contributed by atoms with Gasteiger partial charge in [0.1, 0.15) is 23.2 Å². The predicted molar refractivity (Wildman–Crippen MR) is 78.5 cm³/mol. The fourth-order valence-corrected chi connectivity index (χ4v) is 2.40. The molecule has 21 heavy (non-hydrogen) atoms.